The lowest BCUT2D eigenvalue weighted by molar-refractivity contribution is -0.138. The maximum Gasteiger partial charge on any atom is 0.416 e. The predicted molar refractivity (Wildman–Crippen MR) is 87.2 cm³/mol. The summed E-state index contributed by atoms with van der Waals surface area (Å²) in [6.07, 6.45) is -1.72. The Kier molecular flexibility index (Phi) is 6.22. The zero-order valence-corrected chi connectivity index (χ0v) is 14.2. The van der Waals surface area contributed by atoms with Gasteiger partial charge in [-0.3, -0.25) is 5.32 Å². The van der Waals surface area contributed by atoms with Gasteiger partial charge in [-0.2, -0.15) is 18.4 Å². The number of hydrogen-bond donors (Lipinski definition) is 1. The number of halogens is 6. The molecule has 4 nitrogen and oxygen atoms in total. The molecule has 0 aromatic heterocycles. The number of ether oxygens (including phenoxy) is 1. The highest BCUT2D eigenvalue weighted by atomic mass is 32.2. The van der Waals surface area contributed by atoms with E-state index in [1.807, 2.05) is 0 Å². The van der Waals surface area contributed by atoms with Gasteiger partial charge in [-0.1, -0.05) is 11.8 Å². The van der Waals surface area contributed by atoms with Crippen molar-refractivity contribution in [2.75, 3.05) is 6.26 Å². The smallest absolute Gasteiger partial charge is 0.416 e. The molecule has 0 radical (unpaired) electrons. The molecule has 27 heavy (non-hydrogen) atoms. The van der Waals surface area contributed by atoms with Crippen molar-refractivity contribution in [2.45, 2.75) is 6.18 Å². The van der Waals surface area contributed by atoms with E-state index in [4.69, 9.17) is 10.00 Å². The molecule has 0 amide bonds. The molecule has 0 aliphatic carbocycles. The zero-order chi connectivity index (χ0) is 20.2. The fourth-order valence-electron chi connectivity index (χ4n) is 1.86. The van der Waals surface area contributed by atoms with Crippen molar-refractivity contribution in [1.82, 2.24) is 5.32 Å². The summed E-state index contributed by atoms with van der Waals surface area (Å²) in [5, 5.41) is 10.9. The molecule has 2 aromatic carbocycles. The summed E-state index contributed by atoms with van der Waals surface area (Å²) >= 11 is 1.04. The van der Waals surface area contributed by atoms with Crippen LogP contribution in [0.1, 0.15) is 5.56 Å². The van der Waals surface area contributed by atoms with Gasteiger partial charge in [0.05, 0.1) is 5.56 Å². The molecule has 2 rings (SSSR count). The molecule has 0 fully saturated rings. The zero-order valence-electron chi connectivity index (χ0n) is 13.4. The first-order valence-electron chi connectivity index (χ1n) is 6.97. The van der Waals surface area contributed by atoms with E-state index in [9.17, 15) is 26.3 Å². The van der Waals surface area contributed by atoms with E-state index >= 15 is 0 Å². The third kappa shape index (κ3) is 5.07. The van der Waals surface area contributed by atoms with E-state index in [1.54, 1.807) is 12.4 Å². The number of hydrogen-bond acceptors (Lipinski definition) is 4. The Bertz CT molecular complexity index is 900. The normalized spacial score (nSPS) is 11.9. The van der Waals surface area contributed by atoms with Gasteiger partial charge in [0, 0.05) is 6.07 Å². The molecule has 11 heteroatoms. The van der Waals surface area contributed by atoms with Gasteiger partial charge in [0.1, 0.15) is 11.4 Å². The van der Waals surface area contributed by atoms with E-state index < -0.39 is 34.9 Å². The summed E-state index contributed by atoms with van der Waals surface area (Å²) in [7, 11) is 0. The Morgan fingerprint density at radius 1 is 1.11 bits per heavy atom. The van der Waals surface area contributed by atoms with Crippen molar-refractivity contribution in [3.05, 3.63) is 53.3 Å². The highest BCUT2D eigenvalue weighted by molar-refractivity contribution is 8.13. The Hall–Kier alpha value is -2.87. The van der Waals surface area contributed by atoms with E-state index in [2.05, 4.69) is 10.3 Å². The quantitative estimate of drug-likeness (QED) is 0.246. The SMILES string of the molecule is CSC(=Nc1ccc(Oc2c(F)cc(C(F)(F)F)cc2F)cc1F)NC#N. The molecule has 1 N–H and O–H groups in total. The topological polar surface area (TPSA) is 57.4 Å². The lowest BCUT2D eigenvalue weighted by Crippen LogP contribution is -2.12. The van der Waals surface area contributed by atoms with Crippen LogP contribution in [0.25, 0.3) is 0 Å². The van der Waals surface area contributed by atoms with Gasteiger partial charge in [0.15, 0.2) is 34.6 Å². The molecule has 142 valence electrons. The minimum atomic E-state index is -4.93. The first-order chi connectivity index (χ1) is 12.7. The van der Waals surface area contributed by atoms with Gasteiger partial charge in [0.2, 0.25) is 0 Å². The molecular weight excluding hydrogens is 396 g/mol. The molecule has 0 aliphatic rings. The number of benzene rings is 2. The van der Waals surface area contributed by atoms with E-state index in [0.29, 0.717) is 0 Å². The lowest BCUT2D eigenvalue weighted by Gasteiger charge is -2.12. The van der Waals surface area contributed by atoms with Crippen LogP contribution in [0.5, 0.6) is 11.5 Å². The Labute approximate surface area is 153 Å². The fourth-order valence-corrected chi connectivity index (χ4v) is 2.20. The van der Waals surface area contributed by atoms with E-state index in [1.165, 1.54) is 0 Å². The third-order valence-electron chi connectivity index (χ3n) is 3.04. The number of alkyl halides is 3. The predicted octanol–water partition coefficient (Wildman–Crippen LogP) is 5.34. The highest BCUT2D eigenvalue weighted by Gasteiger charge is 2.33. The van der Waals surface area contributed by atoms with Crippen LogP contribution < -0.4 is 10.1 Å². The maximum atomic E-state index is 14.1. The molecule has 0 bridgehead atoms. The second-order valence-electron chi connectivity index (χ2n) is 4.84. The van der Waals surface area contributed by atoms with Crippen molar-refractivity contribution in [1.29, 1.82) is 5.26 Å². The van der Waals surface area contributed by atoms with Crippen LogP contribution >= 0.6 is 11.8 Å². The summed E-state index contributed by atoms with van der Waals surface area (Å²) in [6.45, 7) is 0. The summed E-state index contributed by atoms with van der Waals surface area (Å²) in [4.78, 5) is 3.83. The number of nitrogens with zero attached hydrogens (tertiary/aromatic N) is 2. The van der Waals surface area contributed by atoms with Gasteiger partial charge in [-0.25, -0.2) is 18.2 Å². The van der Waals surface area contributed by atoms with E-state index in [-0.39, 0.29) is 28.7 Å². The summed E-state index contributed by atoms with van der Waals surface area (Å²) < 4.78 is 84.1. The summed E-state index contributed by atoms with van der Waals surface area (Å²) in [5.41, 5.74) is -1.71. The molecule has 0 unspecified atom stereocenters. The van der Waals surface area contributed by atoms with E-state index in [0.717, 1.165) is 30.0 Å². The average molecular weight is 405 g/mol. The number of rotatable bonds is 3. The lowest BCUT2D eigenvalue weighted by atomic mass is 10.2. The van der Waals surface area contributed by atoms with Crippen LogP contribution in [-0.4, -0.2) is 11.4 Å². The maximum absolute atomic E-state index is 14.1. The van der Waals surface area contributed by atoms with Crippen molar-refractivity contribution >= 4 is 22.6 Å². The summed E-state index contributed by atoms with van der Waals surface area (Å²) in [5.74, 6) is -5.58. The highest BCUT2D eigenvalue weighted by Crippen LogP contribution is 2.36. The number of nitriles is 1. The Balaban J connectivity index is 2.32. The fraction of sp³-hybridized carbons (Fsp3) is 0.125. The Morgan fingerprint density at radius 2 is 1.74 bits per heavy atom. The van der Waals surface area contributed by atoms with Crippen molar-refractivity contribution < 1.29 is 31.1 Å². The van der Waals surface area contributed by atoms with Gasteiger partial charge in [0.25, 0.3) is 0 Å². The van der Waals surface area contributed by atoms with Crippen LogP contribution in [0.4, 0.5) is 32.0 Å². The Morgan fingerprint density at radius 3 is 2.22 bits per heavy atom. The standard InChI is InChI=1S/C16H9F6N3OS/c1-27-15(24-7-23)25-13-3-2-9(6-10(13)17)26-14-11(18)4-8(5-12(14)19)16(20,21)22/h2-6H,1H3,(H,24,25). The van der Waals surface area contributed by atoms with Crippen molar-refractivity contribution in [3.8, 4) is 17.7 Å². The van der Waals surface area contributed by atoms with Crippen LogP contribution in [0.15, 0.2) is 35.3 Å². The molecule has 0 aliphatic heterocycles. The van der Waals surface area contributed by atoms with Crippen molar-refractivity contribution in [3.63, 3.8) is 0 Å². The number of thioether (sulfide) groups is 1. The van der Waals surface area contributed by atoms with Crippen molar-refractivity contribution in [2.24, 2.45) is 4.99 Å². The van der Waals surface area contributed by atoms with Gasteiger partial charge >= 0.3 is 6.18 Å². The molecular formula is C16H9F6N3OS. The molecule has 0 heterocycles. The number of aliphatic imine (C=N–C) groups is 1. The molecule has 0 saturated heterocycles. The summed E-state index contributed by atoms with van der Waals surface area (Å²) in [6, 6.07) is 3.12. The van der Waals surface area contributed by atoms with Gasteiger partial charge < -0.3 is 4.74 Å². The second kappa shape index (κ2) is 8.22. The average Bonchev–Trinajstić information content (AvgIpc) is 2.58. The first kappa shape index (κ1) is 20.4. The molecule has 0 atom stereocenters. The minimum Gasteiger partial charge on any atom is -0.451 e. The van der Waals surface area contributed by atoms with Crippen LogP contribution in [0.3, 0.4) is 0 Å². The van der Waals surface area contributed by atoms with Crippen LogP contribution in [-0.2, 0) is 6.18 Å². The number of nitrogens with one attached hydrogen (secondary N) is 1. The minimum absolute atomic E-state index is 0.0751. The monoisotopic (exact) mass is 405 g/mol. The third-order valence-corrected chi connectivity index (χ3v) is 3.62. The molecule has 0 spiro atoms. The van der Waals surface area contributed by atoms with Crippen LogP contribution in [0, 0.1) is 28.9 Å². The molecule has 2 aromatic rings. The first-order valence-corrected chi connectivity index (χ1v) is 8.19. The molecule has 0 saturated carbocycles. The van der Waals surface area contributed by atoms with Gasteiger partial charge in [-0.15, -0.1) is 0 Å². The second-order valence-corrected chi connectivity index (χ2v) is 5.63. The number of amidine groups is 1. The van der Waals surface area contributed by atoms with Gasteiger partial charge in [-0.05, 0) is 30.5 Å². The van der Waals surface area contributed by atoms with Crippen LogP contribution in [0.2, 0.25) is 0 Å². The largest absolute Gasteiger partial charge is 0.451 e.